The second-order valence-electron chi connectivity index (χ2n) is 6.02. The van der Waals surface area contributed by atoms with Crippen molar-refractivity contribution < 1.29 is 4.68 Å². The van der Waals surface area contributed by atoms with E-state index in [2.05, 4.69) is 46.1 Å². The fourth-order valence-corrected chi connectivity index (χ4v) is 3.31. The van der Waals surface area contributed by atoms with E-state index in [-0.39, 0.29) is 0 Å². The normalized spacial score (nSPS) is 10.9. The summed E-state index contributed by atoms with van der Waals surface area (Å²) in [4.78, 5) is 0. The second-order valence-corrected chi connectivity index (χ2v) is 6.02. The molecule has 4 aromatic rings. The molecule has 1 N–H and O–H groups in total. The van der Waals surface area contributed by atoms with Crippen LogP contribution in [0.2, 0.25) is 0 Å². The first kappa shape index (κ1) is 15.2. The van der Waals surface area contributed by atoms with Gasteiger partial charge in [-0.1, -0.05) is 13.0 Å². The van der Waals surface area contributed by atoms with Gasteiger partial charge in [-0.25, -0.2) is 4.68 Å². The molecule has 0 bridgehead atoms. The van der Waals surface area contributed by atoms with Crippen molar-refractivity contribution in [1.29, 1.82) is 5.26 Å². The standard InChI is InChI=1S/C20H17N5/c1-3-19-17-9-6-15(12-18(17)23-24(19)2)20-10-11-22-25(20)16-7-4-14(13-21)5-8-16/h4-12H,3H2,1-2H3/p+1. The van der Waals surface area contributed by atoms with Crippen LogP contribution in [0, 0.1) is 11.3 Å². The lowest BCUT2D eigenvalue weighted by molar-refractivity contribution is -0.731. The predicted molar refractivity (Wildman–Crippen MR) is 96.1 cm³/mol. The number of rotatable bonds is 3. The van der Waals surface area contributed by atoms with Crippen LogP contribution in [0.25, 0.3) is 27.8 Å². The Morgan fingerprint density at radius 1 is 1.16 bits per heavy atom. The average Bonchev–Trinajstić information content (AvgIpc) is 3.24. The summed E-state index contributed by atoms with van der Waals surface area (Å²) in [5.41, 5.74) is 6.10. The molecule has 5 heteroatoms. The highest BCUT2D eigenvalue weighted by atomic mass is 15.3. The highest BCUT2D eigenvalue weighted by molar-refractivity contribution is 5.85. The molecule has 2 aromatic carbocycles. The molecule has 122 valence electrons. The molecule has 0 aliphatic heterocycles. The monoisotopic (exact) mass is 328 g/mol. The van der Waals surface area contributed by atoms with E-state index in [0.717, 1.165) is 28.9 Å². The molecule has 2 heterocycles. The summed E-state index contributed by atoms with van der Waals surface area (Å²) >= 11 is 0. The summed E-state index contributed by atoms with van der Waals surface area (Å²) in [5, 5.41) is 18.1. The number of nitriles is 1. The summed E-state index contributed by atoms with van der Waals surface area (Å²) in [5.74, 6) is 0. The number of aryl methyl sites for hydroxylation is 2. The van der Waals surface area contributed by atoms with E-state index in [0.29, 0.717) is 5.56 Å². The zero-order valence-electron chi connectivity index (χ0n) is 14.2. The first-order valence-corrected chi connectivity index (χ1v) is 8.27. The first-order chi connectivity index (χ1) is 12.2. The van der Waals surface area contributed by atoms with Crippen molar-refractivity contribution in [2.24, 2.45) is 7.05 Å². The Labute approximate surface area is 145 Å². The second kappa shape index (κ2) is 5.91. The molecule has 0 spiro atoms. The Hall–Kier alpha value is -3.39. The molecule has 2 aromatic heterocycles. The Morgan fingerprint density at radius 2 is 1.96 bits per heavy atom. The third-order valence-corrected chi connectivity index (χ3v) is 4.54. The minimum absolute atomic E-state index is 0.643. The van der Waals surface area contributed by atoms with Crippen molar-refractivity contribution in [3.05, 3.63) is 66.0 Å². The van der Waals surface area contributed by atoms with Gasteiger partial charge in [0.25, 0.3) is 0 Å². The van der Waals surface area contributed by atoms with Gasteiger partial charge in [0.05, 0.1) is 34.6 Å². The van der Waals surface area contributed by atoms with Crippen LogP contribution in [0.5, 0.6) is 0 Å². The minimum Gasteiger partial charge on any atom is -0.233 e. The lowest BCUT2D eigenvalue weighted by atomic mass is 10.1. The van der Waals surface area contributed by atoms with E-state index in [1.807, 2.05) is 42.1 Å². The van der Waals surface area contributed by atoms with Crippen molar-refractivity contribution in [3.63, 3.8) is 0 Å². The number of aromatic amines is 1. The van der Waals surface area contributed by atoms with E-state index in [9.17, 15) is 0 Å². The van der Waals surface area contributed by atoms with Gasteiger partial charge in [-0.3, -0.25) is 0 Å². The van der Waals surface area contributed by atoms with Crippen molar-refractivity contribution in [3.8, 4) is 23.0 Å². The number of benzene rings is 2. The van der Waals surface area contributed by atoms with Crippen LogP contribution < -0.4 is 4.68 Å². The Morgan fingerprint density at radius 3 is 2.68 bits per heavy atom. The van der Waals surface area contributed by atoms with Gasteiger partial charge in [-0.15, -0.1) is 4.68 Å². The van der Waals surface area contributed by atoms with Gasteiger partial charge in [-0.2, -0.15) is 15.5 Å². The Kier molecular flexibility index (Phi) is 3.58. The first-order valence-electron chi connectivity index (χ1n) is 8.27. The fourth-order valence-electron chi connectivity index (χ4n) is 3.31. The van der Waals surface area contributed by atoms with Crippen molar-refractivity contribution in [1.82, 2.24) is 14.9 Å². The number of hydrogen-bond acceptors (Lipinski definition) is 2. The van der Waals surface area contributed by atoms with E-state index in [1.165, 1.54) is 11.1 Å². The summed E-state index contributed by atoms with van der Waals surface area (Å²) in [6.45, 7) is 2.16. The molecular formula is C20H18N5+. The van der Waals surface area contributed by atoms with Gasteiger partial charge in [0.15, 0.2) is 7.05 Å². The number of fused-ring (bicyclic) bond motifs is 1. The predicted octanol–water partition coefficient (Wildman–Crippen LogP) is 3.28. The molecule has 0 saturated heterocycles. The number of nitrogens with zero attached hydrogens (tertiary/aromatic N) is 4. The molecule has 4 rings (SSSR count). The number of H-pyrrole nitrogens is 1. The third kappa shape index (κ3) is 2.48. The van der Waals surface area contributed by atoms with Crippen LogP contribution >= 0.6 is 0 Å². The van der Waals surface area contributed by atoms with Crippen molar-refractivity contribution >= 4 is 10.9 Å². The van der Waals surface area contributed by atoms with Crippen LogP contribution in [0.15, 0.2) is 54.7 Å². The van der Waals surface area contributed by atoms with E-state index in [1.54, 1.807) is 6.20 Å². The number of aromatic nitrogens is 4. The smallest absolute Gasteiger partial charge is 0.214 e. The summed E-state index contributed by atoms with van der Waals surface area (Å²) in [6.07, 6.45) is 2.78. The number of nitrogens with one attached hydrogen (secondary N) is 1. The van der Waals surface area contributed by atoms with E-state index in [4.69, 9.17) is 5.26 Å². The molecule has 0 radical (unpaired) electrons. The maximum atomic E-state index is 8.96. The lowest BCUT2D eigenvalue weighted by Crippen LogP contribution is -2.33. The molecule has 0 aliphatic rings. The van der Waals surface area contributed by atoms with Crippen molar-refractivity contribution in [2.75, 3.05) is 0 Å². The van der Waals surface area contributed by atoms with Crippen LogP contribution in [0.4, 0.5) is 0 Å². The zero-order chi connectivity index (χ0) is 17.4. The SMILES string of the molecule is CCc1c2ccc(-c3ccnn3-c3ccc(C#N)cc3)cc2[nH][n+]1C. The number of hydrogen-bond donors (Lipinski definition) is 1. The van der Waals surface area contributed by atoms with Gasteiger partial charge >= 0.3 is 0 Å². The summed E-state index contributed by atoms with van der Waals surface area (Å²) in [6, 6.07) is 18.0. The Balaban J connectivity index is 1.82. The van der Waals surface area contributed by atoms with Crippen LogP contribution in [-0.2, 0) is 13.5 Å². The van der Waals surface area contributed by atoms with Crippen LogP contribution in [0.1, 0.15) is 18.2 Å². The maximum Gasteiger partial charge on any atom is 0.214 e. The largest absolute Gasteiger partial charge is 0.233 e. The van der Waals surface area contributed by atoms with Gasteiger partial charge < -0.3 is 0 Å². The summed E-state index contributed by atoms with van der Waals surface area (Å²) < 4.78 is 3.97. The summed E-state index contributed by atoms with van der Waals surface area (Å²) in [7, 11) is 2.04. The molecule has 0 atom stereocenters. The maximum absolute atomic E-state index is 8.96. The molecule has 25 heavy (non-hydrogen) atoms. The zero-order valence-corrected chi connectivity index (χ0v) is 14.2. The quantitative estimate of drug-likeness (QED) is 0.587. The topological polar surface area (TPSA) is 61.3 Å². The minimum atomic E-state index is 0.643. The Bertz CT molecular complexity index is 1090. The highest BCUT2D eigenvalue weighted by Gasteiger charge is 2.16. The van der Waals surface area contributed by atoms with Crippen molar-refractivity contribution in [2.45, 2.75) is 13.3 Å². The molecule has 0 unspecified atom stereocenters. The molecule has 0 fully saturated rings. The van der Waals surface area contributed by atoms with Gasteiger partial charge in [0.1, 0.15) is 5.52 Å². The molecule has 0 amide bonds. The highest BCUT2D eigenvalue weighted by Crippen LogP contribution is 2.26. The fraction of sp³-hybridized carbons (Fsp3) is 0.150. The molecule has 0 saturated carbocycles. The van der Waals surface area contributed by atoms with Gasteiger partial charge in [0, 0.05) is 12.0 Å². The van der Waals surface area contributed by atoms with E-state index < -0.39 is 0 Å². The molecule has 0 aliphatic carbocycles. The molecular weight excluding hydrogens is 310 g/mol. The van der Waals surface area contributed by atoms with Gasteiger partial charge in [0.2, 0.25) is 5.69 Å². The molecule has 5 nitrogen and oxygen atoms in total. The third-order valence-electron chi connectivity index (χ3n) is 4.54. The van der Waals surface area contributed by atoms with Crippen LogP contribution in [-0.4, -0.2) is 14.9 Å². The lowest BCUT2D eigenvalue weighted by Gasteiger charge is -2.07. The van der Waals surface area contributed by atoms with E-state index >= 15 is 0 Å². The average molecular weight is 328 g/mol. The van der Waals surface area contributed by atoms with Gasteiger partial charge in [-0.05, 0) is 42.5 Å². The van der Waals surface area contributed by atoms with Crippen LogP contribution in [0.3, 0.4) is 0 Å².